The molecule has 3 rings (SSSR count). The van der Waals surface area contributed by atoms with Gasteiger partial charge in [-0.3, -0.25) is 9.59 Å². The van der Waals surface area contributed by atoms with E-state index in [4.69, 9.17) is 5.73 Å². The molecule has 0 bridgehead atoms. The zero-order valence-electron chi connectivity index (χ0n) is 13.0. The molecule has 2 heterocycles. The maximum Gasteiger partial charge on any atom is 0.254 e. The van der Waals surface area contributed by atoms with Crippen molar-refractivity contribution in [3.05, 3.63) is 58.2 Å². The number of nitrogens with two attached hydrogens (primary N) is 1. The predicted octanol–water partition coefficient (Wildman–Crippen LogP) is 1.91. The van der Waals surface area contributed by atoms with Crippen LogP contribution in [-0.4, -0.2) is 47.9 Å². The van der Waals surface area contributed by atoms with Crippen LogP contribution in [0.2, 0.25) is 0 Å². The molecule has 1 saturated heterocycles. The van der Waals surface area contributed by atoms with Gasteiger partial charge in [0.25, 0.3) is 5.91 Å². The Morgan fingerprint density at radius 2 is 1.79 bits per heavy atom. The van der Waals surface area contributed by atoms with Gasteiger partial charge in [-0.25, -0.2) is 4.98 Å². The summed E-state index contributed by atoms with van der Waals surface area (Å²) in [6.07, 6.45) is 1.48. The average Bonchev–Trinajstić information content (AvgIpc) is 2.61. The number of carbonyl (C=O) groups is 2. The molecule has 7 heteroatoms. The van der Waals surface area contributed by atoms with E-state index in [1.807, 2.05) is 29.2 Å². The second kappa shape index (κ2) is 7.00. The number of hydrogen-bond acceptors (Lipinski definition) is 4. The van der Waals surface area contributed by atoms with Gasteiger partial charge in [0.15, 0.2) is 0 Å². The van der Waals surface area contributed by atoms with Gasteiger partial charge in [0, 0.05) is 42.4 Å². The maximum atomic E-state index is 12.5. The summed E-state index contributed by atoms with van der Waals surface area (Å²) in [5.74, 6) is 0.334. The first kappa shape index (κ1) is 16.4. The largest absolute Gasteiger partial charge is 0.366 e. The summed E-state index contributed by atoms with van der Waals surface area (Å²) in [5, 5.41) is 0. The molecule has 0 unspecified atom stereocenters. The van der Waals surface area contributed by atoms with E-state index < -0.39 is 5.91 Å². The molecule has 0 aliphatic carbocycles. The Bertz CT molecular complexity index is 755. The molecule has 24 heavy (non-hydrogen) atoms. The SMILES string of the molecule is NC(=O)c1ccc(N2CCN(C(=O)c3cccc(Br)c3)CC2)nc1. The third-order valence-electron chi connectivity index (χ3n) is 3.99. The standard InChI is InChI=1S/C17H17BrN4O2/c18-14-3-1-2-12(10-14)17(24)22-8-6-21(7-9-22)15-5-4-13(11-20-15)16(19)23/h1-5,10-11H,6-9H2,(H2,19,23). The Morgan fingerprint density at radius 3 is 2.38 bits per heavy atom. The number of halogens is 1. The van der Waals surface area contributed by atoms with Crippen molar-refractivity contribution in [2.45, 2.75) is 0 Å². The number of primary amides is 1. The lowest BCUT2D eigenvalue weighted by molar-refractivity contribution is 0.0746. The Labute approximate surface area is 148 Å². The molecule has 2 N–H and O–H groups in total. The summed E-state index contributed by atoms with van der Waals surface area (Å²) in [5.41, 5.74) is 6.29. The van der Waals surface area contributed by atoms with E-state index in [0.29, 0.717) is 37.3 Å². The minimum atomic E-state index is -0.488. The van der Waals surface area contributed by atoms with Gasteiger partial charge in [-0.05, 0) is 30.3 Å². The second-order valence-corrected chi connectivity index (χ2v) is 6.47. The van der Waals surface area contributed by atoms with Gasteiger partial charge >= 0.3 is 0 Å². The Hall–Kier alpha value is -2.41. The summed E-state index contributed by atoms with van der Waals surface area (Å²) in [4.78, 5) is 31.8. The fourth-order valence-electron chi connectivity index (χ4n) is 2.66. The molecular formula is C17H17BrN4O2. The maximum absolute atomic E-state index is 12.5. The van der Waals surface area contributed by atoms with Crippen molar-refractivity contribution in [2.75, 3.05) is 31.1 Å². The van der Waals surface area contributed by atoms with Crippen LogP contribution in [0, 0.1) is 0 Å². The molecule has 6 nitrogen and oxygen atoms in total. The molecule has 0 saturated carbocycles. The van der Waals surface area contributed by atoms with Crippen molar-refractivity contribution in [1.29, 1.82) is 0 Å². The molecule has 1 aromatic carbocycles. The summed E-state index contributed by atoms with van der Waals surface area (Å²) in [7, 11) is 0. The number of hydrogen-bond donors (Lipinski definition) is 1. The van der Waals surface area contributed by atoms with E-state index >= 15 is 0 Å². The lowest BCUT2D eigenvalue weighted by atomic mass is 10.2. The molecule has 1 aliphatic heterocycles. The van der Waals surface area contributed by atoms with E-state index in [2.05, 4.69) is 25.8 Å². The van der Waals surface area contributed by atoms with Crippen LogP contribution in [-0.2, 0) is 0 Å². The summed E-state index contributed by atoms with van der Waals surface area (Å²) in [6, 6.07) is 10.9. The molecule has 1 aromatic heterocycles. The van der Waals surface area contributed by atoms with Crippen molar-refractivity contribution < 1.29 is 9.59 Å². The van der Waals surface area contributed by atoms with Gasteiger partial charge < -0.3 is 15.5 Å². The molecule has 1 aliphatic rings. The number of amides is 2. The van der Waals surface area contributed by atoms with Crippen LogP contribution in [0.3, 0.4) is 0 Å². The van der Waals surface area contributed by atoms with Crippen LogP contribution in [0.1, 0.15) is 20.7 Å². The monoisotopic (exact) mass is 388 g/mol. The van der Waals surface area contributed by atoms with Gasteiger partial charge in [0.2, 0.25) is 5.91 Å². The summed E-state index contributed by atoms with van der Waals surface area (Å²) in [6.45, 7) is 2.65. The lowest BCUT2D eigenvalue weighted by Crippen LogP contribution is -2.49. The van der Waals surface area contributed by atoms with Gasteiger partial charge in [-0.2, -0.15) is 0 Å². The molecule has 0 radical (unpaired) electrons. The summed E-state index contributed by atoms with van der Waals surface area (Å²) >= 11 is 3.39. The first-order chi connectivity index (χ1) is 11.5. The van der Waals surface area contributed by atoms with Gasteiger partial charge in [0.05, 0.1) is 5.56 Å². The second-order valence-electron chi connectivity index (χ2n) is 5.56. The topological polar surface area (TPSA) is 79.5 Å². The molecule has 1 fully saturated rings. The zero-order valence-corrected chi connectivity index (χ0v) is 14.6. The van der Waals surface area contributed by atoms with Crippen LogP contribution in [0.15, 0.2) is 47.1 Å². The quantitative estimate of drug-likeness (QED) is 0.870. The fourth-order valence-corrected chi connectivity index (χ4v) is 3.06. The van der Waals surface area contributed by atoms with Crippen LogP contribution < -0.4 is 10.6 Å². The van der Waals surface area contributed by atoms with E-state index in [9.17, 15) is 9.59 Å². The molecular weight excluding hydrogens is 372 g/mol. The zero-order chi connectivity index (χ0) is 17.1. The number of piperazine rings is 1. The number of nitrogens with zero attached hydrogens (tertiary/aromatic N) is 3. The van der Waals surface area contributed by atoms with E-state index in [1.54, 1.807) is 12.1 Å². The van der Waals surface area contributed by atoms with E-state index in [0.717, 1.165) is 10.3 Å². The highest BCUT2D eigenvalue weighted by Crippen LogP contribution is 2.17. The number of benzene rings is 1. The minimum Gasteiger partial charge on any atom is -0.366 e. The molecule has 0 atom stereocenters. The van der Waals surface area contributed by atoms with Crippen molar-refractivity contribution in [1.82, 2.24) is 9.88 Å². The average molecular weight is 389 g/mol. The third kappa shape index (κ3) is 3.56. The molecule has 124 valence electrons. The lowest BCUT2D eigenvalue weighted by Gasteiger charge is -2.35. The smallest absolute Gasteiger partial charge is 0.254 e. The van der Waals surface area contributed by atoms with Crippen LogP contribution in [0.25, 0.3) is 0 Å². The highest BCUT2D eigenvalue weighted by Gasteiger charge is 2.23. The number of carbonyl (C=O) groups excluding carboxylic acids is 2. The van der Waals surface area contributed by atoms with E-state index in [1.165, 1.54) is 6.20 Å². The number of anilines is 1. The van der Waals surface area contributed by atoms with Gasteiger partial charge in [0.1, 0.15) is 5.82 Å². The Balaban J connectivity index is 1.63. The molecule has 2 amide bonds. The van der Waals surface area contributed by atoms with Crippen LogP contribution >= 0.6 is 15.9 Å². The van der Waals surface area contributed by atoms with Crippen molar-refractivity contribution in [3.63, 3.8) is 0 Å². The molecule has 0 spiro atoms. The normalized spacial score (nSPS) is 14.5. The highest BCUT2D eigenvalue weighted by atomic mass is 79.9. The number of pyridine rings is 1. The number of aromatic nitrogens is 1. The highest BCUT2D eigenvalue weighted by molar-refractivity contribution is 9.10. The van der Waals surface area contributed by atoms with Crippen molar-refractivity contribution in [2.24, 2.45) is 5.73 Å². The van der Waals surface area contributed by atoms with Gasteiger partial charge in [-0.15, -0.1) is 0 Å². The third-order valence-corrected chi connectivity index (χ3v) is 4.49. The Kier molecular flexibility index (Phi) is 4.80. The molecule has 2 aromatic rings. The van der Waals surface area contributed by atoms with Crippen LogP contribution in [0.5, 0.6) is 0 Å². The van der Waals surface area contributed by atoms with E-state index in [-0.39, 0.29) is 5.91 Å². The van der Waals surface area contributed by atoms with Gasteiger partial charge in [-0.1, -0.05) is 22.0 Å². The minimum absolute atomic E-state index is 0.0352. The summed E-state index contributed by atoms with van der Waals surface area (Å²) < 4.78 is 0.894. The first-order valence-electron chi connectivity index (χ1n) is 7.60. The first-order valence-corrected chi connectivity index (χ1v) is 8.39. The van der Waals surface area contributed by atoms with Crippen LogP contribution in [0.4, 0.5) is 5.82 Å². The predicted molar refractivity (Wildman–Crippen MR) is 95.0 cm³/mol. The number of rotatable bonds is 3. The van der Waals surface area contributed by atoms with Crippen molar-refractivity contribution >= 4 is 33.6 Å². The Morgan fingerprint density at radius 1 is 1.04 bits per heavy atom. The fraction of sp³-hybridized carbons (Fsp3) is 0.235. The van der Waals surface area contributed by atoms with Crippen molar-refractivity contribution in [3.8, 4) is 0 Å².